The van der Waals surface area contributed by atoms with Crippen molar-refractivity contribution in [3.05, 3.63) is 51.5 Å². The Hall–Kier alpha value is -1.76. The first-order valence-corrected chi connectivity index (χ1v) is 9.08. The Morgan fingerprint density at radius 3 is 3.08 bits per heavy atom. The third-order valence-electron chi connectivity index (χ3n) is 4.31. The molecule has 1 saturated heterocycles. The van der Waals surface area contributed by atoms with Gasteiger partial charge in [0.25, 0.3) is 5.91 Å². The molecule has 3 heterocycles. The van der Waals surface area contributed by atoms with E-state index in [2.05, 4.69) is 28.3 Å². The third-order valence-corrected chi connectivity index (χ3v) is 5.32. The zero-order valence-electron chi connectivity index (χ0n) is 13.9. The largest absolute Gasteiger partial charge is 0.380 e. The molecule has 0 spiro atoms. The zero-order chi connectivity index (χ0) is 16.9. The van der Waals surface area contributed by atoms with Crippen LogP contribution in [0.15, 0.2) is 29.6 Å². The van der Waals surface area contributed by atoms with Crippen molar-refractivity contribution < 1.29 is 9.53 Å². The summed E-state index contributed by atoms with van der Waals surface area (Å²) in [5, 5.41) is 2.15. The molecule has 1 atom stereocenters. The summed E-state index contributed by atoms with van der Waals surface area (Å²) in [6.07, 6.45) is 0.793. The van der Waals surface area contributed by atoms with Gasteiger partial charge in [0.1, 0.15) is 5.69 Å². The van der Waals surface area contributed by atoms with Gasteiger partial charge in [0.15, 0.2) is 0 Å². The standard InChI is InChI=1S/C18H23N3O2S/c1-13-5-8-24-17(13)11-21-6-7-23-12-14(10-21)9-15-3-2-4-16(20-15)18(19)22/h2-5,8,14H,6-7,9-12H2,1H3,(H2,19,22). The van der Waals surface area contributed by atoms with Gasteiger partial charge in [-0.1, -0.05) is 6.07 Å². The van der Waals surface area contributed by atoms with Crippen molar-refractivity contribution in [3.8, 4) is 0 Å². The van der Waals surface area contributed by atoms with Crippen LogP contribution >= 0.6 is 11.3 Å². The second kappa shape index (κ2) is 7.88. The van der Waals surface area contributed by atoms with E-state index in [9.17, 15) is 4.79 Å². The van der Waals surface area contributed by atoms with Crippen LogP contribution in [0.5, 0.6) is 0 Å². The monoisotopic (exact) mass is 345 g/mol. The molecule has 1 aliphatic rings. The fraction of sp³-hybridized carbons (Fsp3) is 0.444. The summed E-state index contributed by atoms with van der Waals surface area (Å²) in [5.41, 5.74) is 7.90. The van der Waals surface area contributed by atoms with Crippen LogP contribution in [0.4, 0.5) is 0 Å². The number of aromatic nitrogens is 1. The van der Waals surface area contributed by atoms with E-state index in [0.717, 1.165) is 45.0 Å². The molecule has 1 fully saturated rings. The summed E-state index contributed by atoms with van der Waals surface area (Å²) in [7, 11) is 0. The number of hydrogen-bond donors (Lipinski definition) is 1. The summed E-state index contributed by atoms with van der Waals surface area (Å²) in [5.74, 6) is -0.118. The number of primary amides is 1. The van der Waals surface area contributed by atoms with E-state index in [0.29, 0.717) is 11.6 Å². The number of rotatable bonds is 5. The molecule has 1 unspecified atom stereocenters. The van der Waals surface area contributed by atoms with E-state index in [-0.39, 0.29) is 0 Å². The summed E-state index contributed by atoms with van der Waals surface area (Å²) in [6, 6.07) is 7.62. The molecule has 1 amide bonds. The van der Waals surface area contributed by atoms with Gasteiger partial charge in [0, 0.05) is 36.1 Å². The molecule has 0 bridgehead atoms. The maximum Gasteiger partial charge on any atom is 0.267 e. The van der Waals surface area contributed by atoms with Gasteiger partial charge in [-0.3, -0.25) is 9.69 Å². The minimum atomic E-state index is -0.483. The van der Waals surface area contributed by atoms with Crippen LogP contribution in [0.25, 0.3) is 0 Å². The second-order valence-corrected chi connectivity index (χ2v) is 7.29. The molecule has 24 heavy (non-hydrogen) atoms. The fourth-order valence-corrected chi connectivity index (χ4v) is 3.96. The first-order valence-electron chi connectivity index (χ1n) is 8.20. The predicted octanol–water partition coefficient (Wildman–Crippen LogP) is 2.24. The molecule has 0 radical (unpaired) electrons. The van der Waals surface area contributed by atoms with Gasteiger partial charge >= 0.3 is 0 Å². The Morgan fingerprint density at radius 1 is 1.46 bits per heavy atom. The fourth-order valence-electron chi connectivity index (χ4n) is 3.02. The SMILES string of the molecule is Cc1ccsc1CN1CCOCC(Cc2cccc(C(N)=O)n2)C1. The minimum absolute atomic E-state index is 0.327. The number of carbonyl (C=O) groups excluding carboxylic acids is 1. The minimum Gasteiger partial charge on any atom is -0.380 e. The average Bonchev–Trinajstić information content (AvgIpc) is 2.83. The molecule has 2 aromatic heterocycles. The number of nitrogens with zero attached hydrogens (tertiary/aromatic N) is 2. The van der Waals surface area contributed by atoms with Gasteiger partial charge in [0.05, 0.1) is 13.2 Å². The average molecular weight is 345 g/mol. The lowest BCUT2D eigenvalue weighted by atomic mass is 10.0. The molecule has 6 heteroatoms. The van der Waals surface area contributed by atoms with E-state index >= 15 is 0 Å². The smallest absolute Gasteiger partial charge is 0.267 e. The zero-order valence-corrected chi connectivity index (χ0v) is 14.7. The molecular weight excluding hydrogens is 322 g/mol. The summed E-state index contributed by atoms with van der Waals surface area (Å²) in [4.78, 5) is 19.5. The number of amides is 1. The summed E-state index contributed by atoms with van der Waals surface area (Å²) < 4.78 is 5.78. The Balaban J connectivity index is 1.65. The number of hydrogen-bond acceptors (Lipinski definition) is 5. The van der Waals surface area contributed by atoms with Gasteiger partial charge in [-0.15, -0.1) is 11.3 Å². The van der Waals surface area contributed by atoms with Gasteiger partial charge in [0.2, 0.25) is 0 Å². The van der Waals surface area contributed by atoms with Crippen molar-refractivity contribution in [2.45, 2.75) is 19.9 Å². The van der Waals surface area contributed by atoms with Crippen molar-refractivity contribution in [1.29, 1.82) is 0 Å². The molecule has 0 saturated carbocycles. The lowest BCUT2D eigenvalue weighted by Crippen LogP contribution is -2.30. The van der Waals surface area contributed by atoms with Crippen LogP contribution in [0.1, 0.15) is 26.6 Å². The molecule has 2 aromatic rings. The highest BCUT2D eigenvalue weighted by Crippen LogP contribution is 2.20. The Morgan fingerprint density at radius 2 is 2.33 bits per heavy atom. The third kappa shape index (κ3) is 4.41. The second-order valence-electron chi connectivity index (χ2n) is 6.29. The highest BCUT2D eigenvalue weighted by Gasteiger charge is 2.20. The van der Waals surface area contributed by atoms with Crippen LogP contribution in [0, 0.1) is 12.8 Å². The lowest BCUT2D eigenvalue weighted by molar-refractivity contribution is 0.0995. The maximum atomic E-state index is 11.3. The summed E-state index contributed by atoms with van der Waals surface area (Å²) >= 11 is 1.81. The number of thiophene rings is 1. The number of ether oxygens (including phenoxy) is 1. The van der Waals surface area contributed by atoms with E-state index < -0.39 is 5.91 Å². The Kier molecular flexibility index (Phi) is 5.60. The van der Waals surface area contributed by atoms with Crippen molar-refractivity contribution in [2.24, 2.45) is 11.7 Å². The lowest BCUT2D eigenvalue weighted by Gasteiger charge is -2.23. The number of pyridine rings is 1. The number of carbonyl (C=O) groups is 1. The van der Waals surface area contributed by atoms with Crippen LogP contribution < -0.4 is 5.73 Å². The predicted molar refractivity (Wildman–Crippen MR) is 95.1 cm³/mol. The number of aryl methyl sites for hydroxylation is 1. The van der Waals surface area contributed by atoms with Gasteiger partial charge < -0.3 is 10.5 Å². The molecule has 3 rings (SSSR count). The Labute approximate surface area is 146 Å². The molecule has 2 N–H and O–H groups in total. The maximum absolute atomic E-state index is 11.3. The van der Waals surface area contributed by atoms with Crippen molar-refractivity contribution in [3.63, 3.8) is 0 Å². The van der Waals surface area contributed by atoms with Crippen molar-refractivity contribution in [2.75, 3.05) is 26.3 Å². The quantitative estimate of drug-likeness (QED) is 0.902. The Bertz CT molecular complexity index is 701. The summed E-state index contributed by atoms with van der Waals surface area (Å²) in [6.45, 7) is 6.54. The van der Waals surface area contributed by atoms with Crippen LogP contribution in [-0.2, 0) is 17.7 Å². The topological polar surface area (TPSA) is 68.5 Å². The van der Waals surface area contributed by atoms with Gasteiger partial charge in [-0.2, -0.15) is 0 Å². The molecule has 128 valence electrons. The van der Waals surface area contributed by atoms with Gasteiger partial charge in [-0.25, -0.2) is 4.98 Å². The van der Waals surface area contributed by atoms with Crippen molar-refractivity contribution in [1.82, 2.24) is 9.88 Å². The number of nitrogens with two attached hydrogens (primary N) is 1. The molecular formula is C18H23N3O2S. The molecule has 5 nitrogen and oxygen atoms in total. The van der Waals surface area contributed by atoms with Gasteiger partial charge in [-0.05, 0) is 42.5 Å². The first kappa shape index (κ1) is 17.1. The highest BCUT2D eigenvalue weighted by molar-refractivity contribution is 7.10. The van der Waals surface area contributed by atoms with Crippen molar-refractivity contribution >= 4 is 17.2 Å². The van der Waals surface area contributed by atoms with E-state index in [1.165, 1.54) is 10.4 Å². The van der Waals surface area contributed by atoms with E-state index in [1.54, 1.807) is 6.07 Å². The molecule has 0 aromatic carbocycles. The van der Waals surface area contributed by atoms with Crippen LogP contribution in [-0.4, -0.2) is 42.1 Å². The normalized spacial score (nSPS) is 19.1. The highest BCUT2D eigenvalue weighted by atomic mass is 32.1. The van der Waals surface area contributed by atoms with E-state index in [4.69, 9.17) is 10.5 Å². The van der Waals surface area contributed by atoms with Crippen LogP contribution in [0.2, 0.25) is 0 Å². The van der Waals surface area contributed by atoms with Crippen LogP contribution in [0.3, 0.4) is 0 Å². The molecule has 0 aliphatic carbocycles. The van der Waals surface area contributed by atoms with E-state index in [1.807, 2.05) is 23.5 Å². The molecule has 1 aliphatic heterocycles. The first-order chi connectivity index (χ1) is 11.6.